The quantitative estimate of drug-likeness (QED) is 0.189. The average molecular weight is 386 g/mol. The van der Waals surface area contributed by atoms with Crippen molar-refractivity contribution >= 4 is 12.0 Å². The Morgan fingerprint density at radius 3 is 2.54 bits per heavy atom. The zero-order chi connectivity index (χ0) is 21.2. The lowest BCUT2D eigenvalue weighted by atomic mass is 9.90. The highest BCUT2D eigenvalue weighted by atomic mass is 16.1. The van der Waals surface area contributed by atoms with Gasteiger partial charge < -0.3 is 0 Å². The van der Waals surface area contributed by atoms with Gasteiger partial charge in [0, 0.05) is 19.1 Å². The van der Waals surface area contributed by atoms with Gasteiger partial charge >= 0.3 is 0 Å². The van der Waals surface area contributed by atoms with Crippen LogP contribution in [0, 0.1) is 5.92 Å². The van der Waals surface area contributed by atoms with Gasteiger partial charge in [-0.15, -0.1) is 5.73 Å². The molecule has 0 spiro atoms. The largest absolute Gasteiger partial charge is 0.295 e. The Balaban J connectivity index is 0.00000352. The van der Waals surface area contributed by atoms with Crippen LogP contribution < -0.4 is 0 Å². The highest BCUT2D eigenvalue weighted by molar-refractivity contribution is 5.90. The van der Waals surface area contributed by atoms with E-state index in [-0.39, 0.29) is 5.78 Å². The van der Waals surface area contributed by atoms with E-state index in [0.29, 0.717) is 12.3 Å². The van der Waals surface area contributed by atoms with Crippen molar-refractivity contribution in [1.29, 1.82) is 0 Å². The molecule has 0 radical (unpaired) electrons. The Morgan fingerprint density at radius 1 is 1.18 bits per heavy atom. The lowest BCUT2D eigenvalue weighted by molar-refractivity contribution is -0.114. The molecule has 1 heterocycles. The summed E-state index contributed by atoms with van der Waals surface area (Å²) in [5.74, 6) is 0.632. The van der Waals surface area contributed by atoms with Crippen molar-refractivity contribution in [2.75, 3.05) is 0 Å². The van der Waals surface area contributed by atoms with E-state index in [1.165, 1.54) is 43.3 Å². The number of ketones is 1. The van der Waals surface area contributed by atoms with Crippen LogP contribution in [0.25, 0.3) is 0 Å². The van der Waals surface area contributed by atoms with Crippen molar-refractivity contribution in [2.45, 2.75) is 106 Å². The summed E-state index contributed by atoms with van der Waals surface area (Å²) in [6.07, 6.45) is 18.7. The molecule has 1 rings (SSSR count). The fraction of sp³-hybridized carbons (Fsp3) is 0.654. The number of hydrogen-bond acceptors (Lipinski definition) is 2. The highest BCUT2D eigenvalue weighted by Gasteiger charge is 2.12. The number of nitrogens with zero attached hydrogens (tertiary/aromatic N) is 1. The molecule has 1 atom stereocenters. The lowest BCUT2D eigenvalue weighted by Gasteiger charge is -2.16. The summed E-state index contributed by atoms with van der Waals surface area (Å²) < 4.78 is 0. The first-order valence-corrected chi connectivity index (χ1v) is 11.5. The van der Waals surface area contributed by atoms with Crippen molar-refractivity contribution in [3.8, 4) is 0 Å². The molecule has 0 bridgehead atoms. The average Bonchev–Trinajstić information content (AvgIpc) is 2.70. The van der Waals surface area contributed by atoms with Crippen molar-refractivity contribution in [1.82, 2.24) is 0 Å². The third-order valence-corrected chi connectivity index (χ3v) is 4.91. The molecule has 158 valence electrons. The minimum absolute atomic E-state index is 0.213. The van der Waals surface area contributed by atoms with Crippen molar-refractivity contribution in [3.05, 3.63) is 40.8 Å². The highest BCUT2D eigenvalue weighted by Crippen LogP contribution is 2.25. The summed E-state index contributed by atoms with van der Waals surface area (Å²) in [6, 6.07) is 0. The molecule has 0 saturated carbocycles. The molecule has 2 nitrogen and oxygen atoms in total. The zero-order valence-electron chi connectivity index (χ0n) is 19.3. The molecule has 0 aromatic carbocycles. The molecule has 2 heteroatoms. The SMILES string of the molecule is CC.CCCCCC(C)/C(=C\C(=O)CC)CC1=C=CC/C=C(/CCCC)C=N1. The summed E-state index contributed by atoms with van der Waals surface area (Å²) >= 11 is 0. The molecule has 28 heavy (non-hydrogen) atoms. The fourth-order valence-electron chi connectivity index (χ4n) is 3.04. The van der Waals surface area contributed by atoms with Gasteiger partial charge in [-0.25, -0.2) is 0 Å². The number of unbranched alkanes of at least 4 members (excludes halogenated alkanes) is 3. The number of carbonyl (C=O) groups excluding carboxylic acids is 1. The molecule has 1 aliphatic rings. The van der Waals surface area contributed by atoms with E-state index in [1.807, 2.05) is 33.1 Å². The topological polar surface area (TPSA) is 29.4 Å². The first kappa shape index (κ1) is 26.3. The van der Waals surface area contributed by atoms with Crippen LogP contribution in [-0.2, 0) is 4.79 Å². The Hall–Kier alpha value is -1.66. The second-order valence-electron chi connectivity index (χ2n) is 7.28. The monoisotopic (exact) mass is 385 g/mol. The Morgan fingerprint density at radius 2 is 1.89 bits per heavy atom. The van der Waals surface area contributed by atoms with Gasteiger partial charge in [0.25, 0.3) is 0 Å². The molecular weight excluding hydrogens is 342 g/mol. The van der Waals surface area contributed by atoms with Crippen LogP contribution in [0.15, 0.2) is 45.8 Å². The lowest BCUT2D eigenvalue weighted by Crippen LogP contribution is -2.04. The maximum Gasteiger partial charge on any atom is 0.155 e. The second kappa shape index (κ2) is 17.4. The minimum atomic E-state index is 0.213. The molecule has 0 saturated heterocycles. The van der Waals surface area contributed by atoms with E-state index in [1.54, 1.807) is 0 Å². The van der Waals surface area contributed by atoms with Crippen LogP contribution in [0.2, 0.25) is 0 Å². The van der Waals surface area contributed by atoms with Gasteiger partial charge in [-0.3, -0.25) is 9.79 Å². The molecule has 1 unspecified atom stereocenters. The molecule has 0 aliphatic carbocycles. The predicted octanol–water partition coefficient (Wildman–Crippen LogP) is 8.15. The fourth-order valence-corrected chi connectivity index (χ4v) is 3.04. The summed E-state index contributed by atoms with van der Waals surface area (Å²) in [5.41, 5.74) is 6.81. The van der Waals surface area contributed by atoms with Gasteiger partial charge in [-0.2, -0.15) is 0 Å². The zero-order valence-corrected chi connectivity index (χ0v) is 19.3. The predicted molar refractivity (Wildman–Crippen MR) is 125 cm³/mol. The van der Waals surface area contributed by atoms with Crippen LogP contribution in [0.4, 0.5) is 0 Å². The summed E-state index contributed by atoms with van der Waals surface area (Å²) in [6.45, 7) is 12.6. The van der Waals surface area contributed by atoms with Crippen molar-refractivity contribution in [3.63, 3.8) is 0 Å². The smallest absolute Gasteiger partial charge is 0.155 e. The van der Waals surface area contributed by atoms with Crippen LogP contribution >= 0.6 is 0 Å². The van der Waals surface area contributed by atoms with Gasteiger partial charge in [0.15, 0.2) is 5.78 Å². The number of carbonyl (C=O) groups is 1. The van der Waals surface area contributed by atoms with Gasteiger partial charge in [-0.1, -0.05) is 78.9 Å². The molecule has 0 fully saturated rings. The van der Waals surface area contributed by atoms with Crippen molar-refractivity contribution < 1.29 is 4.79 Å². The number of allylic oxidation sites excluding steroid dienone is 4. The van der Waals surface area contributed by atoms with E-state index < -0.39 is 0 Å². The van der Waals surface area contributed by atoms with Gasteiger partial charge in [-0.05, 0) is 49.3 Å². The first-order chi connectivity index (χ1) is 13.6. The third-order valence-electron chi connectivity index (χ3n) is 4.91. The Kier molecular flexibility index (Phi) is 16.4. The van der Waals surface area contributed by atoms with E-state index >= 15 is 0 Å². The van der Waals surface area contributed by atoms with Gasteiger partial charge in [0.05, 0.1) is 5.70 Å². The Bertz CT molecular complexity index is 586. The van der Waals surface area contributed by atoms with Crippen LogP contribution in [0.5, 0.6) is 0 Å². The third kappa shape index (κ3) is 11.9. The first-order valence-electron chi connectivity index (χ1n) is 11.5. The summed E-state index contributed by atoms with van der Waals surface area (Å²) in [7, 11) is 0. The van der Waals surface area contributed by atoms with Gasteiger partial charge in [0.2, 0.25) is 0 Å². The summed E-state index contributed by atoms with van der Waals surface area (Å²) in [4.78, 5) is 16.7. The summed E-state index contributed by atoms with van der Waals surface area (Å²) in [5, 5.41) is 0. The maximum absolute atomic E-state index is 12.0. The molecular formula is C26H43NO. The molecule has 0 amide bonds. The van der Waals surface area contributed by atoms with E-state index in [4.69, 9.17) is 4.99 Å². The van der Waals surface area contributed by atoms with Crippen LogP contribution in [-0.4, -0.2) is 12.0 Å². The normalized spacial score (nSPS) is 16.9. The van der Waals surface area contributed by atoms with Crippen LogP contribution in [0.3, 0.4) is 0 Å². The molecule has 0 aromatic rings. The van der Waals surface area contributed by atoms with E-state index in [9.17, 15) is 4.79 Å². The van der Waals surface area contributed by atoms with E-state index in [0.717, 1.165) is 31.4 Å². The number of aliphatic imine (C=N–C) groups is 1. The number of hydrogen-bond donors (Lipinski definition) is 0. The standard InChI is InChI=1S/C24H37NO.C2H6/c1-5-8-10-13-20(4)22(18-24(26)7-3)17-23-16-12-11-15-21(19-25-23)14-9-6-2;1-2/h12,15,18-20H,5-11,13-14,17H2,1-4H3;1-2H3/b21-15-,22-18-,25-19?;. The minimum Gasteiger partial charge on any atom is -0.295 e. The number of rotatable bonds is 12. The molecule has 0 aromatic heterocycles. The van der Waals surface area contributed by atoms with E-state index in [2.05, 4.69) is 38.7 Å². The molecule has 1 aliphatic heterocycles. The second-order valence-corrected chi connectivity index (χ2v) is 7.28. The maximum atomic E-state index is 12.0. The Labute approximate surface area is 174 Å². The van der Waals surface area contributed by atoms with Crippen LogP contribution in [0.1, 0.15) is 106 Å². The van der Waals surface area contributed by atoms with Gasteiger partial charge in [0.1, 0.15) is 0 Å². The molecule has 0 N–H and O–H groups in total. The van der Waals surface area contributed by atoms with Crippen molar-refractivity contribution in [2.24, 2.45) is 10.9 Å².